The molecule has 0 spiro atoms. The molecule has 2 saturated heterocycles. The highest BCUT2D eigenvalue weighted by molar-refractivity contribution is 6.04. The van der Waals surface area contributed by atoms with Gasteiger partial charge in [-0.15, -0.1) is 0 Å². The number of carbonyl (C=O) groups excluding carboxylic acids is 8. The molecule has 16 atom stereocenters. The monoisotopic (exact) mass is 1520 g/mol. The number of hydrogen-bond donors (Lipinski definition) is 0. The molecule has 4 saturated carbocycles. The van der Waals surface area contributed by atoms with Crippen molar-refractivity contribution in [1.29, 1.82) is 0 Å². The predicted octanol–water partition coefficient (Wildman–Crippen LogP) is 20.6. The van der Waals surface area contributed by atoms with E-state index in [1.54, 1.807) is 27.7 Å². The Morgan fingerprint density at radius 1 is 0.467 bits per heavy atom. The van der Waals surface area contributed by atoms with Gasteiger partial charge in [0.15, 0.2) is 23.0 Å². The molecule has 0 radical (unpaired) electrons. The van der Waals surface area contributed by atoms with Crippen molar-refractivity contribution in [3.8, 4) is 0 Å². The van der Waals surface area contributed by atoms with Crippen LogP contribution in [0.2, 0.25) is 0 Å². The molecular formula is C85H132F6O16. The molecule has 2 heterocycles. The maximum absolute atomic E-state index is 12.7. The minimum absolute atomic E-state index is 0.0269. The van der Waals surface area contributed by atoms with E-state index < -0.39 is 118 Å². The van der Waals surface area contributed by atoms with Crippen molar-refractivity contribution in [3.05, 3.63) is 71.3 Å². The average molecular weight is 1520 g/mol. The number of fused-ring (bicyclic) bond motifs is 2. The van der Waals surface area contributed by atoms with Crippen molar-refractivity contribution >= 4 is 47.8 Å². The molecule has 6 aliphatic rings. The number of aryl methyl sites for hydroxylation is 1. The third-order valence-electron chi connectivity index (χ3n) is 23.8. The smallest absolute Gasteiger partial charge is 0.425 e. The van der Waals surface area contributed by atoms with Crippen LogP contribution in [-0.2, 0) is 76.3 Å². The van der Waals surface area contributed by atoms with Crippen LogP contribution in [0.25, 0.3) is 0 Å². The van der Waals surface area contributed by atoms with E-state index in [9.17, 15) is 64.7 Å². The molecule has 6 fully saturated rings. The lowest BCUT2D eigenvalue weighted by atomic mass is 9.73. The molecule has 16 unspecified atom stereocenters. The zero-order valence-electron chi connectivity index (χ0n) is 68.7. The van der Waals surface area contributed by atoms with E-state index >= 15 is 0 Å². The maximum Gasteiger partial charge on any atom is 0.425 e. The van der Waals surface area contributed by atoms with Gasteiger partial charge >= 0.3 is 60.1 Å². The predicted molar refractivity (Wildman–Crippen MR) is 400 cm³/mol. The van der Waals surface area contributed by atoms with E-state index in [0.29, 0.717) is 62.6 Å². The number of unbranched alkanes of at least 4 members (excludes halogenated alkanes) is 2. The Labute approximate surface area is 635 Å². The van der Waals surface area contributed by atoms with Crippen molar-refractivity contribution in [3.63, 3.8) is 0 Å². The number of alkyl halides is 6. The fourth-order valence-electron chi connectivity index (χ4n) is 13.4. The Balaban J connectivity index is 0.000000347. The minimum atomic E-state index is -4.71. The van der Waals surface area contributed by atoms with E-state index in [1.165, 1.54) is 68.1 Å². The number of rotatable bonds is 30. The average Bonchev–Trinajstić information content (AvgIpc) is 1.54. The van der Waals surface area contributed by atoms with Gasteiger partial charge in [-0.05, 0) is 188 Å². The summed E-state index contributed by atoms with van der Waals surface area (Å²) in [5, 5.41) is 0. The molecule has 2 aliphatic heterocycles. The summed E-state index contributed by atoms with van der Waals surface area (Å²) in [6.07, 6.45) is -1.71. The molecule has 0 aromatic heterocycles. The molecule has 2 aromatic carbocycles. The first-order chi connectivity index (χ1) is 49.7. The van der Waals surface area contributed by atoms with Crippen molar-refractivity contribution in [2.75, 3.05) is 13.2 Å². The van der Waals surface area contributed by atoms with Gasteiger partial charge < -0.3 is 37.9 Å². The van der Waals surface area contributed by atoms with E-state index in [2.05, 4.69) is 126 Å². The van der Waals surface area contributed by atoms with Crippen molar-refractivity contribution < 1.29 is 103 Å². The Morgan fingerprint density at radius 2 is 0.785 bits per heavy atom. The summed E-state index contributed by atoms with van der Waals surface area (Å²) < 4.78 is 118. The fourth-order valence-corrected chi connectivity index (χ4v) is 13.4. The summed E-state index contributed by atoms with van der Waals surface area (Å²) in [6, 6.07) is 19.5. The van der Waals surface area contributed by atoms with Gasteiger partial charge in [0.25, 0.3) is 0 Å². The van der Waals surface area contributed by atoms with Gasteiger partial charge in [0.05, 0.1) is 34.9 Å². The van der Waals surface area contributed by atoms with Crippen LogP contribution in [0.3, 0.4) is 0 Å². The van der Waals surface area contributed by atoms with E-state index in [1.807, 2.05) is 55.4 Å². The van der Waals surface area contributed by atoms with E-state index in [0.717, 1.165) is 39.5 Å². The van der Waals surface area contributed by atoms with Gasteiger partial charge in [-0.2, -0.15) is 26.3 Å². The third kappa shape index (κ3) is 24.9. The molecule has 8 rings (SSSR count). The van der Waals surface area contributed by atoms with Crippen molar-refractivity contribution in [2.24, 2.45) is 68.0 Å². The third-order valence-corrected chi connectivity index (χ3v) is 23.8. The van der Waals surface area contributed by atoms with Crippen LogP contribution in [0.5, 0.6) is 0 Å². The molecular weight excluding hydrogens is 1390 g/mol. The summed E-state index contributed by atoms with van der Waals surface area (Å²) in [4.78, 5) is 98.1. The van der Waals surface area contributed by atoms with Crippen molar-refractivity contribution in [2.45, 2.75) is 336 Å². The Kier molecular flexibility index (Phi) is 36.5. The molecule has 610 valence electrons. The zero-order valence-corrected chi connectivity index (χ0v) is 68.7. The largest absolute Gasteiger partial charge is 0.465 e. The normalized spacial score (nSPS) is 24.6. The van der Waals surface area contributed by atoms with Gasteiger partial charge in [-0.25, -0.2) is 0 Å². The van der Waals surface area contributed by atoms with E-state index in [-0.39, 0.29) is 47.4 Å². The van der Waals surface area contributed by atoms with Crippen LogP contribution in [-0.4, -0.2) is 110 Å². The second-order valence-electron chi connectivity index (χ2n) is 33.1. The SMILES string of the molecule is CCC(C)(C)C(=O)OC1C2CC3C1OC(=O)C3(C(=O)OC(C)C(F)(F)F)C2.CCC(C)(C)C(=O)OC1C2CC3C1OC(=O)C3(C(=O)OC(C)C(F)(F)F)C2.CCC(C)c1ccc(C)cc1.CCC(C)c1ccccc1.CCCCC(CC)COC(=O)C(C)(C)CC.CCCCC(CC)COC(=O)C(C)(C)CC. The second kappa shape index (κ2) is 41.2. The van der Waals surface area contributed by atoms with Crippen LogP contribution in [0.1, 0.15) is 296 Å². The highest BCUT2D eigenvalue weighted by atomic mass is 19.4. The van der Waals surface area contributed by atoms with Gasteiger partial charge in [0, 0.05) is 23.7 Å². The molecule has 107 heavy (non-hydrogen) atoms. The van der Waals surface area contributed by atoms with Crippen LogP contribution < -0.4 is 0 Å². The Hall–Kier alpha value is -6.22. The number of carbonyl (C=O) groups is 8. The molecule has 4 bridgehead atoms. The van der Waals surface area contributed by atoms with Crippen LogP contribution in [0.4, 0.5) is 26.3 Å². The van der Waals surface area contributed by atoms with Gasteiger partial charge in [-0.3, -0.25) is 38.4 Å². The van der Waals surface area contributed by atoms with Gasteiger partial charge in [0.1, 0.15) is 24.4 Å². The lowest BCUT2D eigenvalue weighted by Crippen LogP contribution is -2.48. The first-order valence-corrected chi connectivity index (χ1v) is 39.6. The molecule has 22 heteroatoms. The fraction of sp³-hybridized carbons (Fsp3) is 0.765. The quantitative estimate of drug-likeness (QED) is 0.0308. The van der Waals surface area contributed by atoms with Gasteiger partial charge in [-0.1, -0.05) is 182 Å². The summed E-state index contributed by atoms with van der Waals surface area (Å²) in [7, 11) is 0. The topological polar surface area (TPSA) is 210 Å². The standard InChI is InChI=1S/2C18H23F3O6.2C14H28O2.C11H16.C10H14/c2*1-5-16(3,4)13(22)26-11-9-6-10-12(11)27-15(24)17(10,7-9)14(23)25-8(2)18(19,20)21;2*1-6-9-10-12(7-2)11-16-13(15)14(4,5)8-3;1-4-10(3)11-7-5-9(2)6-8-11;1-3-9(2)10-7-5-4-6-8-10/h2*8-12H,5-7H2,1-4H3;2*12H,6-11H2,1-5H3;5-8,10H,4H2,1-3H3;4-9H,3H2,1-2H3. The lowest BCUT2D eigenvalue weighted by Gasteiger charge is -2.33. The highest BCUT2D eigenvalue weighted by Gasteiger charge is 2.77. The summed E-state index contributed by atoms with van der Waals surface area (Å²) in [5.41, 5.74) is -1.27. The Bertz CT molecular complexity index is 2990. The van der Waals surface area contributed by atoms with Crippen molar-refractivity contribution in [1.82, 2.24) is 0 Å². The molecule has 0 N–H and O–H groups in total. The Morgan fingerprint density at radius 3 is 1.07 bits per heavy atom. The molecule has 16 nitrogen and oxygen atoms in total. The van der Waals surface area contributed by atoms with Crippen LogP contribution in [0.15, 0.2) is 54.6 Å². The van der Waals surface area contributed by atoms with Gasteiger partial charge in [0.2, 0.25) is 0 Å². The maximum atomic E-state index is 12.7. The number of hydrogen-bond acceptors (Lipinski definition) is 16. The number of esters is 8. The van der Waals surface area contributed by atoms with E-state index in [4.69, 9.17) is 28.4 Å². The number of benzene rings is 2. The molecule has 4 aliphatic carbocycles. The highest BCUT2D eigenvalue weighted by Crippen LogP contribution is 2.65. The second-order valence-corrected chi connectivity index (χ2v) is 33.1. The number of halogens is 6. The minimum Gasteiger partial charge on any atom is -0.465 e. The first-order valence-electron chi connectivity index (χ1n) is 39.6. The van der Waals surface area contributed by atoms with Crippen LogP contribution in [0, 0.1) is 74.9 Å². The lowest BCUT2D eigenvalue weighted by molar-refractivity contribution is -0.222. The summed E-state index contributed by atoms with van der Waals surface area (Å²) in [5.74, 6) is -4.55. The summed E-state index contributed by atoms with van der Waals surface area (Å²) >= 11 is 0. The molecule has 0 amide bonds. The number of ether oxygens (including phenoxy) is 8. The zero-order chi connectivity index (χ0) is 81.6. The van der Waals surface area contributed by atoms with Crippen LogP contribution >= 0.6 is 0 Å². The first kappa shape index (κ1) is 95.0. The molecule has 2 aromatic rings. The summed E-state index contributed by atoms with van der Waals surface area (Å²) in [6.45, 7) is 44.9.